The Morgan fingerprint density at radius 3 is 2.50 bits per heavy atom. The molecule has 26 heavy (non-hydrogen) atoms. The highest BCUT2D eigenvalue weighted by Gasteiger charge is 2.20. The molecular formula is C20H21N3O3. The first kappa shape index (κ1) is 17.7. The second-order valence-electron chi connectivity index (χ2n) is 5.89. The van der Waals surface area contributed by atoms with E-state index in [4.69, 9.17) is 9.26 Å². The zero-order valence-corrected chi connectivity index (χ0v) is 14.8. The fourth-order valence-electron chi connectivity index (χ4n) is 2.70. The van der Waals surface area contributed by atoms with Gasteiger partial charge in [0.2, 0.25) is 0 Å². The van der Waals surface area contributed by atoms with Crippen LogP contribution in [-0.4, -0.2) is 23.2 Å². The summed E-state index contributed by atoms with van der Waals surface area (Å²) in [5, 5.41) is 6.91. The summed E-state index contributed by atoms with van der Waals surface area (Å²) in [5.41, 5.74) is 2.14. The maximum absolute atomic E-state index is 12.7. The monoisotopic (exact) mass is 351 g/mol. The molecule has 0 saturated heterocycles. The number of nitrogens with one attached hydrogen (secondary N) is 1. The van der Waals surface area contributed by atoms with Crippen molar-refractivity contribution >= 4 is 5.91 Å². The lowest BCUT2D eigenvalue weighted by molar-refractivity contribution is 0.0933. The predicted molar refractivity (Wildman–Crippen MR) is 97.0 cm³/mol. The van der Waals surface area contributed by atoms with Crippen molar-refractivity contribution in [3.63, 3.8) is 0 Å². The van der Waals surface area contributed by atoms with Crippen molar-refractivity contribution in [2.45, 2.75) is 25.8 Å². The van der Waals surface area contributed by atoms with Crippen LogP contribution >= 0.6 is 0 Å². The van der Waals surface area contributed by atoms with Crippen LogP contribution in [0.1, 0.15) is 46.8 Å². The highest BCUT2D eigenvalue weighted by molar-refractivity contribution is 5.92. The van der Waals surface area contributed by atoms with Gasteiger partial charge < -0.3 is 14.6 Å². The smallest absolute Gasteiger partial charge is 0.274 e. The Balaban J connectivity index is 1.86. The molecule has 0 saturated carbocycles. The number of rotatable bonds is 7. The maximum atomic E-state index is 12.7. The number of ether oxygens (including phenoxy) is 1. The number of hydrogen-bond donors (Lipinski definition) is 1. The van der Waals surface area contributed by atoms with Gasteiger partial charge in [0.25, 0.3) is 5.91 Å². The Morgan fingerprint density at radius 1 is 1.15 bits per heavy atom. The fraction of sp³-hybridized carbons (Fsp3) is 0.250. The Bertz CT molecular complexity index is 844. The third-order valence-electron chi connectivity index (χ3n) is 4.05. The van der Waals surface area contributed by atoms with Crippen LogP contribution < -0.4 is 10.1 Å². The SMILES string of the molecule is CCCc1cc(C(=O)NC(c2ccncc2)c2ccc(OC)cc2)no1. The molecule has 1 atom stereocenters. The summed E-state index contributed by atoms with van der Waals surface area (Å²) in [4.78, 5) is 16.7. The molecule has 134 valence electrons. The van der Waals surface area contributed by atoms with E-state index in [1.807, 2.05) is 43.3 Å². The molecular weight excluding hydrogens is 330 g/mol. The van der Waals surface area contributed by atoms with Crippen LogP contribution in [0.5, 0.6) is 5.75 Å². The molecule has 0 aliphatic rings. The number of aromatic nitrogens is 2. The van der Waals surface area contributed by atoms with Gasteiger partial charge in [-0.3, -0.25) is 9.78 Å². The zero-order valence-electron chi connectivity index (χ0n) is 14.8. The van der Waals surface area contributed by atoms with E-state index in [0.29, 0.717) is 5.76 Å². The van der Waals surface area contributed by atoms with Gasteiger partial charge in [-0.1, -0.05) is 24.2 Å². The number of carbonyl (C=O) groups excluding carboxylic acids is 1. The normalized spacial score (nSPS) is 11.8. The standard InChI is InChI=1S/C20H21N3O3/c1-3-4-17-13-18(23-26-17)20(24)22-19(15-9-11-21-12-10-15)14-5-7-16(25-2)8-6-14/h5-13,19H,3-4H2,1-2H3,(H,22,24). The van der Waals surface area contributed by atoms with Crippen LogP contribution in [0.3, 0.4) is 0 Å². The van der Waals surface area contributed by atoms with Gasteiger partial charge in [-0.2, -0.15) is 0 Å². The Hall–Kier alpha value is -3.15. The third kappa shape index (κ3) is 4.08. The van der Waals surface area contributed by atoms with Gasteiger partial charge in [0.05, 0.1) is 13.2 Å². The lowest BCUT2D eigenvalue weighted by atomic mass is 9.99. The average molecular weight is 351 g/mol. The van der Waals surface area contributed by atoms with Crippen LogP contribution in [0.15, 0.2) is 59.4 Å². The van der Waals surface area contributed by atoms with Gasteiger partial charge in [0.1, 0.15) is 11.5 Å². The lowest BCUT2D eigenvalue weighted by Crippen LogP contribution is -2.29. The summed E-state index contributed by atoms with van der Waals surface area (Å²) < 4.78 is 10.4. The summed E-state index contributed by atoms with van der Waals surface area (Å²) in [7, 11) is 1.62. The van der Waals surface area contributed by atoms with Gasteiger partial charge in [-0.05, 0) is 41.8 Å². The molecule has 0 radical (unpaired) electrons. The molecule has 2 heterocycles. The van der Waals surface area contributed by atoms with Crippen LogP contribution in [-0.2, 0) is 6.42 Å². The van der Waals surface area contributed by atoms with E-state index in [-0.39, 0.29) is 17.6 Å². The number of aryl methyl sites for hydroxylation is 1. The summed E-state index contributed by atoms with van der Waals surface area (Å²) >= 11 is 0. The predicted octanol–water partition coefficient (Wildman–Crippen LogP) is 3.55. The van der Waals surface area contributed by atoms with Crippen LogP contribution in [0.25, 0.3) is 0 Å². The molecule has 1 unspecified atom stereocenters. The molecule has 6 heteroatoms. The molecule has 6 nitrogen and oxygen atoms in total. The minimum absolute atomic E-state index is 0.279. The molecule has 0 aliphatic heterocycles. The van der Waals surface area contributed by atoms with Gasteiger partial charge in [-0.15, -0.1) is 0 Å². The minimum Gasteiger partial charge on any atom is -0.497 e. The topological polar surface area (TPSA) is 77.2 Å². The summed E-state index contributed by atoms with van der Waals surface area (Å²) in [6.07, 6.45) is 5.09. The van der Waals surface area contributed by atoms with Crippen LogP contribution in [0.4, 0.5) is 0 Å². The zero-order chi connectivity index (χ0) is 18.4. The number of amides is 1. The molecule has 1 amide bonds. The van der Waals surface area contributed by atoms with E-state index in [1.54, 1.807) is 25.6 Å². The summed E-state index contributed by atoms with van der Waals surface area (Å²) in [5.74, 6) is 1.19. The van der Waals surface area contributed by atoms with Gasteiger partial charge >= 0.3 is 0 Å². The first-order valence-corrected chi connectivity index (χ1v) is 8.51. The molecule has 0 aliphatic carbocycles. The molecule has 2 aromatic heterocycles. The van der Waals surface area contributed by atoms with E-state index in [2.05, 4.69) is 15.5 Å². The fourth-order valence-corrected chi connectivity index (χ4v) is 2.70. The van der Waals surface area contributed by atoms with Crippen molar-refractivity contribution in [3.05, 3.63) is 77.4 Å². The van der Waals surface area contributed by atoms with E-state index in [0.717, 1.165) is 29.7 Å². The molecule has 0 spiro atoms. The van der Waals surface area contributed by atoms with Gasteiger partial charge in [0, 0.05) is 24.9 Å². The van der Waals surface area contributed by atoms with E-state index < -0.39 is 0 Å². The maximum Gasteiger partial charge on any atom is 0.274 e. The van der Waals surface area contributed by atoms with Crippen molar-refractivity contribution < 1.29 is 14.1 Å². The molecule has 1 N–H and O–H groups in total. The largest absolute Gasteiger partial charge is 0.497 e. The van der Waals surface area contributed by atoms with E-state index in [9.17, 15) is 4.79 Å². The van der Waals surface area contributed by atoms with Gasteiger partial charge in [-0.25, -0.2) is 0 Å². The van der Waals surface area contributed by atoms with Crippen molar-refractivity contribution in [3.8, 4) is 5.75 Å². The number of carbonyl (C=O) groups is 1. The van der Waals surface area contributed by atoms with Crippen LogP contribution in [0.2, 0.25) is 0 Å². The number of nitrogens with zero attached hydrogens (tertiary/aromatic N) is 2. The Morgan fingerprint density at radius 2 is 1.85 bits per heavy atom. The number of benzene rings is 1. The van der Waals surface area contributed by atoms with Gasteiger partial charge in [0.15, 0.2) is 5.69 Å². The molecule has 0 fully saturated rings. The van der Waals surface area contributed by atoms with Crippen molar-refractivity contribution in [1.29, 1.82) is 0 Å². The Labute approximate surface area is 152 Å². The number of methoxy groups -OCH3 is 1. The molecule has 3 rings (SSSR count). The summed E-state index contributed by atoms with van der Waals surface area (Å²) in [6.45, 7) is 2.05. The molecule has 1 aromatic carbocycles. The van der Waals surface area contributed by atoms with Crippen molar-refractivity contribution in [2.75, 3.05) is 7.11 Å². The molecule has 0 bridgehead atoms. The van der Waals surface area contributed by atoms with Crippen LogP contribution in [0, 0.1) is 0 Å². The summed E-state index contributed by atoms with van der Waals surface area (Å²) in [6, 6.07) is 12.7. The first-order chi connectivity index (χ1) is 12.7. The average Bonchev–Trinajstić information content (AvgIpc) is 3.16. The molecule has 3 aromatic rings. The number of pyridine rings is 1. The second kappa shape index (κ2) is 8.29. The van der Waals surface area contributed by atoms with E-state index >= 15 is 0 Å². The minimum atomic E-state index is -0.331. The number of hydrogen-bond acceptors (Lipinski definition) is 5. The highest BCUT2D eigenvalue weighted by atomic mass is 16.5. The Kier molecular flexibility index (Phi) is 5.63. The lowest BCUT2D eigenvalue weighted by Gasteiger charge is -2.19. The third-order valence-corrected chi connectivity index (χ3v) is 4.05. The quantitative estimate of drug-likeness (QED) is 0.704. The van der Waals surface area contributed by atoms with Crippen molar-refractivity contribution in [2.24, 2.45) is 0 Å². The van der Waals surface area contributed by atoms with E-state index in [1.165, 1.54) is 0 Å². The van der Waals surface area contributed by atoms with Crippen molar-refractivity contribution in [1.82, 2.24) is 15.5 Å². The highest BCUT2D eigenvalue weighted by Crippen LogP contribution is 2.24. The second-order valence-corrected chi connectivity index (χ2v) is 5.89. The first-order valence-electron chi connectivity index (χ1n) is 8.51.